The molecule has 33 heavy (non-hydrogen) atoms. The molecule has 0 radical (unpaired) electrons. The van der Waals surface area contributed by atoms with Crippen molar-refractivity contribution >= 4 is 0 Å². The highest BCUT2D eigenvalue weighted by Gasteiger charge is 2.09. The van der Waals surface area contributed by atoms with Gasteiger partial charge in [0.15, 0.2) is 0 Å². The molecule has 0 aliphatic heterocycles. The molecule has 0 rings (SSSR count). The highest BCUT2D eigenvalue weighted by Crippen LogP contribution is 2.17. The molecule has 4 nitrogen and oxygen atoms in total. The van der Waals surface area contributed by atoms with E-state index in [2.05, 4.69) is 18.7 Å². The fourth-order valence-electron chi connectivity index (χ4n) is 4.54. The van der Waals surface area contributed by atoms with Crippen LogP contribution in [0.25, 0.3) is 0 Å². The van der Waals surface area contributed by atoms with Crippen LogP contribution in [-0.4, -0.2) is 64.7 Å². The predicted molar refractivity (Wildman–Crippen MR) is 144 cm³/mol. The summed E-state index contributed by atoms with van der Waals surface area (Å²) in [4.78, 5) is 2.52. The van der Waals surface area contributed by atoms with E-state index in [9.17, 15) is 0 Å². The van der Waals surface area contributed by atoms with Crippen molar-refractivity contribution in [3.05, 3.63) is 0 Å². The van der Waals surface area contributed by atoms with Crippen LogP contribution >= 0.6 is 0 Å². The SMILES string of the molecule is CCN(CC)CCCCOC(CCCCCCCCCOC)CCCCCCCCCOC. The number of rotatable bonds is 28. The van der Waals surface area contributed by atoms with Crippen LogP contribution in [0.2, 0.25) is 0 Å². The standard InChI is InChI=1S/C29H61NO3/c1-5-30(6-2)25-19-22-28-33-29(23-17-13-9-7-11-15-20-26-31-3)24-18-14-10-8-12-16-21-27-32-4/h29H,5-28H2,1-4H3. The molecule has 0 aliphatic carbocycles. The number of methoxy groups -OCH3 is 2. The van der Waals surface area contributed by atoms with E-state index in [-0.39, 0.29) is 0 Å². The maximum absolute atomic E-state index is 6.39. The van der Waals surface area contributed by atoms with Gasteiger partial charge in [-0.05, 0) is 58.2 Å². The van der Waals surface area contributed by atoms with Crippen molar-refractivity contribution in [2.45, 2.75) is 136 Å². The Kier molecular flexibility index (Phi) is 27.9. The van der Waals surface area contributed by atoms with E-state index in [1.807, 2.05) is 0 Å². The molecule has 0 atom stereocenters. The molecule has 0 fully saturated rings. The van der Waals surface area contributed by atoms with E-state index < -0.39 is 0 Å². The summed E-state index contributed by atoms with van der Waals surface area (Å²) in [5.74, 6) is 0. The third-order valence-electron chi connectivity index (χ3n) is 6.87. The van der Waals surface area contributed by atoms with Gasteiger partial charge in [0.1, 0.15) is 0 Å². The van der Waals surface area contributed by atoms with Crippen LogP contribution in [-0.2, 0) is 14.2 Å². The Bertz CT molecular complexity index is 328. The highest BCUT2D eigenvalue weighted by atomic mass is 16.5. The van der Waals surface area contributed by atoms with Crippen LogP contribution in [0, 0.1) is 0 Å². The summed E-state index contributed by atoms with van der Waals surface area (Å²) < 4.78 is 16.7. The lowest BCUT2D eigenvalue weighted by Gasteiger charge is -2.20. The molecule has 0 heterocycles. The zero-order chi connectivity index (χ0) is 24.2. The first-order valence-electron chi connectivity index (χ1n) is 14.6. The van der Waals surface area contributed by atoms with Gasteiger partial charge in [-0.25, -0.2) is 0 Å². The first-order valence-corrected chi connectivity index (χ1v) is 14.6. The maximum atomic E-state index is 6.39. The second-order valence-electron chi connectivity index (χ2n) is 9.74. The van der Waals surface area contributed by atoms with Gasteiger partial charge >= 0.3 is 0 Å². The molecule has 0 aromatic heterocycles. The van der Waals surface area contributed by atoms with E-state index in [1.54, 1.807) is 14.2 Å². The molecule has 0 aliphatic rings. The molecule has 0 aromatic carbocycles. The van der Waals surface area contributed by atoms with Gasteiger partial charge in [0.25, 0.3) is 0 Å². The second-order valence-corrected chi connectivity index (χ2v) is 9.74. The summed E-state index contributed by atoms with van der Waals surface area (Å²) >= 11 is 0. The van der Waals surface area contributed by atoms with Crippen LogP contribution in [0.1, 0.15) is 129 Å². The van der Waals surface area contributed by atoms with Crippen molar-refractivity contribution in [3.63, 3.8) is 0 Å². The third-order valence-corrected chi connectivity index (χ3v) is 6.87. The molecule has 0 saturated heterocycles. The van der Waals surface area contributed by atoms with E-state index in [0.29, 0.717) is 6.10 Å². The van der Waals surface area contributed by atoms with Crippen LogP contribution in [0.5, 0.6) is 0 Å². The first-order chi connectivity index (χ1) is 16.3. The topological polar surface area (TPSA) is 30.9 Å². The normalized spacial score (nSPS) is 11.8. The van der Waals surface area contributed by atoms with E-state index in [0.717, 1.165) is 19.8 Å². The summed E-state index contributed by atoms with van der Waals surface area (Å²) in [6.07, 6.45) is 24.2. The van der Waals surface area contributed by atoms with Gasteiger partial charge < -0.3 is 19.1 Å². The predicted octanol–water partition coefficient (Wildman–Crippen LogP) is 8.03. The molecule has 0 bridgehead atoms. The van der Waals surface area contributed by atoms with Crippen LogP contribution in [0.4, 0.5) is 0 Å². The molecular weight excluding hydrogens is 410 g/mol. The van der Waals surface area contributed by atoms with E-state index >= 15 is 0 Å². The minimum Gasteiger partial charge on any atom is -0.385 e. The quantitative estimate of drug-likeness (QED) is 0.108. The van der Waals surface area contributed by atoms with Gasteiger partial charge in [-0.2, -0.15) is 0 Å². The van der Waals surface area contributed by atoms with Crippen molar-refractivity contribution in [3.8, 4) is 0 Å². The maximum Gasteiger partial charge on any atom is 0.0575 e. The Hall–Kier alpha value is -0.160. The number of nitrogens with zero attached hydrogens (tertiary/aromatic N) is 1. The number of hydrogen-bond donors (Lipinski definition) is 0. The average Bonchev–Trinajstić information content (AvgIpc) is 2.83. The summed E-state index contributed by atoms with van der Waals surface area (Å²) in [7, 11) is 3.60. The molecule has 0 N–H and O–H groups in total. The molecular formula is C29H61NO3. The molecule has 200 valence electrons. The zero-order valence-corrected chi connectivity index (χ0v) is 23.2. The van der Waals surface area contributed by atoms with Crippen molar-refractivity contribution in [2.75, 3.05) is 53.7 Å². The van der Waals surface area contributed by atoms with Gasteiger partial charge in [-0.3, -0.25) is 0 Å². The molecule has 0 spiro atoms. The monoisotopic (exact) mass is 471 g/mol. The number of ether oxygens (including phenoxy) is 3. The third kappa shape index (κ3) is 24.8. The minimum absolute atomic E-state index is 0.488. The van der Waals surface area contributed by atoms with Gasteiger partial charge in [0.2, 0.25) is 0 Å². The van der Waals surface area contributed by atoms with Crippen LogP contribution in [0.15, 0.2) is 0 Å². The van der Waals surface area contributed by atoms with Crippen LogP contribution < -0.4 is 0 Å². The summed E-state index contributed by atoms with van der Waals surface area (Å²) in [6, 6.07) is 0. The molecule has 0 amide bonds. The lowest BCUT2D eigenvalue weighted by Crippen LogP contribution is -2.24. The second kappa shape index (κ2) is 28.1. The Labute approximate surface area is 208 Å². The molecule has 0 unspecified atom stereocenters. The first kappa shape index (κ1) is 32.8. The van der Waals surface area contributed by atoms with Gasteiger partial charge in [-0.15, -0.1) is 0 Å². The van der Waals surface area contributed by atoms with Crippen LogP contribution in [0.3, 0.4) is 0 Å². The van der Waals surface area contributed by atoms with E-state index in [4.69, 9.17) is 14.2 Å². The largest absolute Gasteiger partial charge is 0.385 e. The Balaban J connectivity index is 3.93. The zero-order valence-electron chi connectivity index (χ0n) is 23.2. The van der Waals surface area contributed by atoms with Crippen molar-refractivity contribution in [2.24, 2.45) is 0 Å². The van der Waals surface area contributed by atoms with Crippen molar-refractivity contribution < 1.29 is 14.2 Å². The summed E-state index contributed by atoms with van der Waals surface area (Å²) in [6.45, 7) is 10.9. The van der Waals surface area contributed by atoms with Gasteiger partial charge in [-0.1, -0.05) is 90.9 Å². The fourth-order valence-corrected chi connectivity index (χ4v) is 4.54. The summed E-state index contributed by atoms with van der Waals surface area (Å²) in [5, 5.41) is 0. The molecule has 4 heteroatoms. The number of unbranched alkanes of at least 4 members (excludes halogenated alkanes) is 13. The minimum atomic E-state index is 0.488. The smallest absolute Gasteiger partial charge is 0.0575 e. The van der Waals surface area contributed by atoms with Crippen molar-refractivity contribution in [1.82, 2.24) is 4.90 Å². The van der Waals surface area contributed by atoms with Crippen molar-refractivity contribution in [1.29, 1.82) is 0 Å². The Morgan fingerprint density at radius 3 is 1.30 bits per heavy atom. The molecule has 0 saturated carbocycles. The summed E-state index contributed by atoms with van der Waals surface area (Å²) in [5.41, 5.74) is 0. The average molecular weight is 472 g/mol. The molecule has 0 aromatic rings. The lowest BCUT2D eigenvalue weighted by molar-refractivity contribution is 0.0349. The lowest BCUT2D eigenvalue weighted by atomic mass is 10.0. The van der Waals surface area contributed by atoms with E-state index in [1.165, 1.54) is 135 Å². The highest BCUT2D eigenvalue weighted by molar-refractivity contribution is 4.61. The Morgan fingerprint density at radius 1 is 0.485 bits per heavy atom. The fraction of sp³-hybridized carbons (Fsp3) is 1.00. The van der Waals surface area contributed by atoms with Gasteiger partial charge in [0.05, 0.1) is 6.10 Å². The van der Waals surface area contributed by atoms with Gasteiger partial charge in [0, 0.05) is 34.0 Å². The number of hydrogen-bond acceptors (Lipinski definition) is 4. The Morgan fingerprint density at radius 2 is 0.879 bits per heavy atom.